The molecule has 5 nitrogen and oxygen atoms in total. The molecular formula is C12H11ClN2O3S. The Labute approximate surface area is 119 Å². The van der Waals surface area contributed by atoms with Gasteiger partial charge in [0.15, 0.2) is 5.82 Å². The third kappa shape index (κ3) is 3.97. The van der Waals surface area contributed by atoms with Crippen LogP contribution < -0.4 is 0 Å². The van der Waals surface area contributed by atoms with Gasteiger partial charge in [-0.1, -0.05) is 22.8 Å². The van der Waals surface area contributed by atoms with Crippen LogP contribution in [0, 0.1) is 0 Å². The second kappa shape index (κ2) is 6.58. The van der Waals surface area contributed by atoms with E-state index in [1.54, 1.807) is 13.0 Å². The maximum Gasteiger partial charge on any atom is 0.397 e. The summed E-state index contributed by atoms with van der Waals surface area (Å²) in [5.74, 6) is 0.203. The van der Waals surface area contributed by atoms with E-state index in [4.69, 9.17) is 20.9 Å². The molecular weight excluding hydrogens is 288 g/mol. The lowest BCUT2D eigenvalue weighted by molar-refractivity contribution is 0.0470. The van der Waals surface area contributed by atoms with Crippen LogP contribution in [-0.2, 0) is 10.5 Å². The Bertz CT molecular complexity index is 574. The number of esters is 1. The van der Waals surface area contributed by atoms with E-state index in [9.17, 15) is 4.79 Å². The molecule has 0 spiro atoms. The average Bonchev–Trinajstić information content (AvgIpc) is 2.86. The molecule has 0 aliphatic heterocycles. The number of ether oxygens (including phenoxy) is 1. The van der Waals surface area contributed by atoms with Crippen LogP contribution in [0.5, 0.6) is 0 Å². The number of thioether (sulfide) groups is 1. The zero-order valence-corrected chi connectivity index (χ0v) is 11.7. The number of hydrogen-bond acceptors (Lipinski definition) is 6. The van der Waals surface area contributed by atoms with Crippen LogP contribution in [-0.4, -0.2) is 22.7 Å². The average molecular weight is 299 g/mol. The third-order valence-electron chi connectivity index (χ3n) is 2.08. The molecule has 0 bridgehead atoms. The first-order valence-corrected chi connectivity index (χ1v) is 6.93. The van der Waals surface area contributed by atoms with Crippen LogP contribution in [0.1, 0.15) is 23.4 Å². The van der Waals surface area contributed by atoms with Crippen LogP contribution in [0.25, 0.3) is 0 Å². The van der Waals surface area contributed by atoms with Gasteiger partial charge < -0.3 is 9.26 Å². The number of aromatic nitrogens is 2. The van der Waals surface area contributed by atoms with Crippen LogP contribution in [0.4, 0.5) is 0 Å². The molecule has 7 heteroatoms. The maximum absolute atomic E-state index is 11.3. The summed E-state index contributed by atoms with van der Waals surface area (Å²) in [6, 6.07) is 7.45. The Morgan fingerprint density at radius 1 is 1.53 bits per heavy atom. The molecule has 0 N–H and O–H groups in total. The second-order valence-corrected chi connectivity index (χ2v) is 4.97. The Morgan fingerprint density at radius 2 is 2.37 bits per heavy atom. The largest absolute Gasteiger partial charge is 0.459 e. The fourth-order valence-corrected chi connectivity index (χ4v) is 2.35. The molecule has 0 unspecified atom stereocenters. The van der Waals surface area contributed by atoms with Gasteiger partial charge in [0.1, 0.15) is 0 Å². The van der Waals surface area contributed by atoms with Gasteiger partial charge in [0.25, 0.3) is 0 Å². The van der Waals surface area contributed by atoms with E-state index >= 15 is 0 Å². The number of benzene rings is 1. The van der Waals surface area contributed by atoms with E-state index in [1.165, 1.54) is 11.8 Å². The molecule has 0 fully saturated rings. The van der Waals surface area contributed by atoms with Crippen molar-refractivity contribution >= 4 is 29.3 Å². The molecule has 1 aromatic carbocycles. The van der Waals surface area contributed by atoms with Crippen molar-refractivity contribution < 1.29 is 14.1 Å². The molecule has 0 saturated carbocycles. The van der Waals surface area contributed by atoms with Crippen molar-refractivity contribution in [2.45, 2.75) is 17.6 Å². The summed E-state index contributed by atoms with van der Waals surface area (Å²) in [6.07, 6.45) is 0. The van der Waals surface area contributed by atoms with Crippen molar-refractivity contribution in [1.29, 1.82) is 0 Å². The summed E-state index contributed by atoms with van der Waals surface area (Å²) in [5.41, 5.74) is 0. The number of halogens is 1. The van der Waals surface area contributed by atoms with Crippen LogP contribution >= 0.6 is 23.4 Å². The summed E-state index contributed by atoms with van der Waals surface area (Å²) in [6.45, 7) is 1.98. The first-order valence-electron chi connectivity index (χ1n) is 5.57. The molecule has 100 valence electrons. The molecule has 0 aliphatic carbocycles. The Balaban J connectivity index is 1.95. The number of carbonyl (C=O) groups excluding carboxylic acids is 1. The first-order chi connectivity index (χ1) is 9.19. The standard InChI is InChI=1S/C12H11ClN2O3S/c1-2-17-12(16)11-14-10(15-18-11)7-19-9-5-3-4-8(13)6-9/h3-6H,2,7H2,1H3. The van der Waals surface area contributed by atoms with Crippen molar-refractivity contribution in [1.82, 2.24) is 10.1 Å². The van der Waals surface area contributed by atoms with Crippen LogP contribution in [0.3, 0.4) is 0 Å². The summed E-state index contributed by atoms with van der Waals surface area (Å²) < 4.78 is 9.58. The summed E-state index contributed by atoms with van der Waals surface area (Å²) >= 11 is 7.39. The minimum atomic E-state index is -0.603. The highest BCUT2D eigenvalue weighted by molar-refractivity contribution is 7.98. The van der Waals surface area contributed by atoms with Crippen molar-refractivity contribution in [2.75, 3.05) is 6.61 Å². The molecule has 0 radical (unpaired) electrons. The zero-order valence-electron chi connectivity index (χ0n) is 10.1. The fourth-order valence-electron chi connectivity index (χ4n) is 1.29. The summed E-state index contributed by atoms with van der Waals surface area (Å²) in [4.78, 5) is 16.3. The van der Waals surface area contributed by atoms with Crippen molar-refractivity contribution in [3.8, 4) is 0 Å². The molecule has 1 aromatic heterocycles. The molecule has 2 rings (SSSR count). The summed E-state index contributed by atoms with van der Waals surface area (Å²) in [7, 11) is 0. The number of nitrogens with zero attached hydrogens (tertiary/aromatic N) is 2. The topological polar surface area (TPSA) is 65.2 Å². The van der Waals surface area contributed by atoms with E-state index in [0.717, 1.165) is 4.90 Å². The van der Waals surface area contributed by atoms with Gasteiger partial charge in [0.05, 0.1) is 12.4 Å². The molecule has 0 atom stereocenters. The minimum Gasteiger partial charge on any atom is -0.459 e. The van der Waals surface area contributed by atoms with E-state index < -0.39 is 5.97 Å². The number of rotatable bonds is 5. The van der Waals surface area contributed by atoms with E-state index in [2.05, 4.69) is 10.1 Å². The first kappa shape index (κ1) is 13.9. The maximum atomic E-state index is 11.3. The molecule has 0 amide bonds. The molecule has 2 aromatic rings. The highest BCUT2D eigenvalue weighted by Crippen LogP contribution is 2.24. The van der Waals surface area contributed by atoms with E-state index in [0.29, 0.717) is 16.6 Å². The van der Waals surface area contributed by atoms with Crippen molar-refractivity contribution in [3.05, 3.63) is 41.0 Å². The molecule has 1 heterocycles. The lowest BCUT2D eigenvalue weighted by Gasteiger charge is -1.98. The molecule has 0 aliphatic rings. The predicted molar refractivity (Wildman–Crippen MR) is 71.3 cm³/mol. The van der Waals surface area contributed by atoms with Gasteiger partial charge >= 0.3 is 11.9 Å². The Hall–Kier alpha value is -1.53. The van der Waals surface area contributed by atoms with Gasteiger partial charge in [-0.25, -0.2) is 4.79 Å². The van der Waals surface area contributed by atoms with E-state index in [-0.39, 0.29) is 12.5 Å². The molecule has 19 heavy (non-hydrogen) atoms. The summed E-state index contributed by atoms with van der Waals surface area (Å²) in [5, 5.41) is 4.39. The lowest BCUT2D eigenvalue weighted by atomic mass is 10.4. The number of carbonyl (C=O) groups is 1. The van der Waals surface area contributed by atoms with Crippen molar-refractivity contribution in [3.63, 3.8) is 0 Å². The quantitative estimate of drug-likeness (QED) is 0.624. The predicted octanol–water partition coefficient (Wildman–Crippen LogP) is 3.19. The number of hydrogen-bond donors (Lipinski definition) is 0. The normalized spacial score (nSPS) is 10.4. The second-order valence-electron chi connectivity index (χ2n) is 3.48. The van der Waals surface area contributed by atoms with Gasteiger partial charge in [-0.15, -0.1) is 11.8 Å². The van der Waals surface area contributed by atoms with Gasteiger partial charge in [0.2, 0.25) is 0 Å². The van der Waals surface area contributed by atoms with Crippen LogP contribution in [0.15, 0.2) is 33.7 Å². The van der Waals surface area contributed by atoms with E-state index in [1.807, 2.05) is 18.2 Å². The fraction of sp³-hybridized carbons (Fsp3) is 0.250. The van der Waals surface area contributed by atoms with Crippen molar-refractivity contribution in [2.24, 2.45) is 0 Å². The lowest BCUT2D eigenvalue weighted by Crippen LogP contribution is -2.04. The SMILES string of the molecule is CCOC(=O)c1nc(CSc2cccc(Cl)c2)no1. The van der Waals surface area contributed by atoms with Gasteiger partial charge in [0, 0.05) is 9.92 Å². The third-order valence-corrected chi connectivity index (χ3v) is 3.31. The van der Waals surface area contributed by atoms with Gasteiger partial charge in [-0.3, -0.25) is 0 Å². The Kier molecular flexibility index (Phi) is 4.81. The molecule has 0 saturated heterocycles. The highest BCUT2D eigenvalue weighted by Gasteiger charge is 2.16. The monoisotopic (exact) mass is 298 g/mol. The van der Waals surface area contributed by atoms with Gasteiger partial charge in [-0.2, -0.15) is 4.98 Å². The minimum absolute atomic E-state index is 0.122. The Morgan fingerprint density at radius 3 is 3.11 bits per heavy atom. The highest BCUT2D eigenvalue weighted by atomic mass is 35.5. The smallest absolute Gasteiger partial charge is 0.397 e. The van der Waals surface area contributed by atoms with Gasteiger partial charge in [-0.05, 0) is 25.1 Å². The van der Waals surface area contributed by atoms with Crippen LogP contribution in [0.2, 0.25) is 5.02 Å². The zero-order chi connectivity index (χ0) is 13.7.